The van der Waals surface area contributed by atoms with E-state index in [1.54, 1.807) is 58.9 Å². The van der Waals surface area contributed by atoms with Gasteiger partial charge in [0.05, 0.1) is 11.5 Å². The first-order valence-corrected chi connectivity index (χ1v) is 33.6. The predicted octanol–water partition coefficient (Wildman–Crippen LogP) is 11.8. The Labute approximate surface area is 552 Å². The first-order chi connectivity index (χ1) is 44.9. The van der Waals surface area contributed by atoms with Gasteiger partial charge in [-0.1, -0.05) is 127 Å². The van der Waals surface area contributed by atoms with Crippen LogP contribution in [0.5, 0.6) is 17.2 Å². The number of esters is 1. The topological polar surface area (TPSA) is 262 Å². The second-order valence-electron chi connectivity index (χ2n) is 25.3. The molecule has 0 unspecified atom stereocenters. The Balaban J connectivity index is 1.02. The Hall–Kier alpha value is -9.43. The van der Waals surface area contributed by atoms with Crippen molar-refractivity contribution >= 4 is 67.3 Å². The molecule has 1 aliphatic heterocycles. The Bertz CT molecular complexity index is 3970. The summed E-state index contributed by atoms with van der Waals surface area (Å²) in [5, 5.41) is 26.4. The number of guanidine groups is 1. The molecular formula is C74H89N7O12S. The van der Waals surface area contributed by atoms with Gasteiger partial charge in [-0.15, -0.1) is 6.58 Å². The largest absolute Gasteiger partial charge is 0.493 e. The van der Waals surface area contributed by atoms with Crippen molar-refractivity contribution in [3.8, 4) is 28.4 Å². The highest BCUT2D eigenvalue weighted by Crippen LogP contribution is 2.46. The average Bonchev–Trinajstić information content (AvgIpc) is 0.758. The molecule has 4 amide bonds. The molecule has 0 saturated heterocycles. The number of hydrogen-bond donors (Lipinski definition) is 7. The molecule has 0 saturated carbocycles. The van der Waals surface area contributed by atoms with Crippen LogP contribution in [-0.2, 0) is 58.1 Å². The van der Waals surface area contributed by atoms with Crippen LogP contribution in [0.4, 0.5) is 4.79 Å². The van der Waals surface area contributed by atoms with Gasteiger partial charge >= 0.3 is 12.1 Å². The molecule has 8 rings (SSSR count). The Morgan fingerprint density at radius 3 is 1.85 bits per heavy atom. The molecule has 0 fully saturated rings. The second-order valence-corrected chi connectivity index (χ2v) is 26.9. The third kappa shape index (κ3) is 19.3. The van der Waals surface area contributed by atoms with Gasteiger partial charge in [0.15, 0.2) is 6.61 Å². The highest BCUT2D eigenvalue weighted by atomic mass is 32.2. The third-order valence-corrected chi connectivity index (χ3v) is 18.0. The minimum atomic E-state index is -4.29. The van der Waals surface area contributed by atoms with E-state index in [2.05, 4.69) is 50.0 Å². The van der Waals surface area contributed by atoms with Crippen molar-refractivity contribution < 1.29 is 56.1 Å². The number of benzene rings is 7. The molecule has 1 aliphatic rings. The molecule has 0 bridgehead atoms. The first-order valence-electron chi connectivity index (χ1n) is 32.1. The minimum absolute atomic E-state index is 0.0227. The van der Waals surface area contributed by atoms with Crippen LogP contribution in [0.3, 0.4) is 0 Å². The van der Waals surface area contributed by atoms with E-state index in [1.807, 2.05) is 118 Å². The fourth-order valence-corrected chi connectivity index (χ4v) is 13.0. The number of carbonyl (C=O) groups excluding carboxylic acids is 5. The van der Waals surface area contributed by atoms with Crippen LogP contribution in [0.2, 0.25) is 0 Å². The van der Waals surface area contributed by atoms with Crippen LogP contribution in [0, 0.1) is 26.2 Å². The molecular weight excluding hydrogens is 1210 g/mol. The normalized spacial score (nSPS) is 13.6. The maximum Gasteiger partial charge on any atom is 0.407 e. The van der Waals surface area contributed by atoms with Gasteiger partial charge in [0, 0.05) is 24.2 Å². The molecule has 20 heteroatoms. The molecule has 94 heavy (non-hydrogen) atoms. The number of aryl methyl sites for hydroxylation is 1. The lowest BCUT2D eigenvalue weighted by Crippen LogP contribution is -2.56. The van der Waals surface area contributed by atoms with Gasteiger partial charge < -0.3 is 50.3 Å². The standard InChI is InChI=1S/C74H89N7O12S/c1-10-25-60(70(85)91-46-52-28-15-12-16-29-52)80-69(84)59(36-23-44-76-71(75)81-94(87,88)67-49(3)48(2)66-55(50(67)4)41-42-74(8,9)92-66)79-68(83)58(35-21-22-43-77-72(86)93-73(5,6)7)78-63(82)47-90-62-40-38-54-32-18-20-34-57(54)65(62)64-56-33-19-17-31-53(56)37-39-61(64)89-45-24-30-51-26-13-11-14-27-51/h10-20,26-29,31-34,37-40,58-60H,1,21-25,30,35-36,41-47H2,2-9H3,(H,77,86)(H,78,82)(H,79,83)(H,80,84)(H3,75,76,81)/t58-,59-,60+/m1/s1. The molecule has 7 aromatic rings. The number of sulfonamides is 1. The van der Waals surface area contributed by atoms with Crippen LogP contribution in [0.25, 0.3) is 32.7 Å². The predicted molar refractivity (Wildman–Crippen MR) is 367 cm³/mol. The van der Waals surface area contributed by atoms with E-state index in [0.717, 1.165) is 51.1 Å². The van der Waals surface area contributed by atoms with Crippen molar-refractivity contribution in [1.82, 2.24) is 31.3 Å². The van der Waals surface area contributed by atoms with Crippen molar-refractivity contribution in [2.75, 3.05) is 26.3 Å². The van der Waals surface area contributed by atoms with Gasteiger partial charge in [-0.05, 0) is 187 Å². The number of nitrogens with one attached hydrogen (secondary N) is 7. The highest BCUT2D eigenvalue weighted by molar-refractivity contribution is 7.90. The van der Waals surface area contributed by atoms with Crippen molar-refractivity contribution in [3.05, 3.63) is 179 Å². The zero-order valence-corrected chi connectivity index (χ0v) is 55.9. The summed E-state index contributed by atoms with van der Waals surface area (Å²) in [6, 6.07) is 39.0. The van der Waals surface area contributed by atoms with Crippen LogP contribution < -0.4 is 45.5 Å². The summed E-state index contributed by atoms with van der Waals surface area (Å²) in [4.78, 5) is 70.2. The van der Waals surface area contributed by atoms with E-state index < -0.39 is 81.7 Å². The Morgan fingerprint density at radius 2 is 1.22 bits per heavy atom. The van der Waals surface area contributed by atoms with E-state index in [1.165, 1.54) is 11.6 Å². The van der Waals surface area contributed by atoms with E-state index >= 15 is 0 Å². The van der Waals surface area contributed by atoms with Crippen molar-refractivity contribution in [2.45, 2.75) is 160 Å². The SMILES string of the molecule is C=CC[C@H](NC(=O)[C@@H](CCCNC(=N)NS(=O)(=O)c1c(C)c(C)c2c(c1C)CCC(C)(C)O2)NC(=O)[C@@H](CCCCNC(=O)OC(C)(C)C)NC(=O)COc1ccc2ccccc2c1-c1c(OCCCc2ccccc2)ccc2ccccc12)C(=O)OCc1ccccc1. The minimum Gasteiger partial charge on any atom is -0.493 e. The van der Waals surface area contributed by atoms with Crippen LogP contribution in [0.15, 0.2) is 151 Å². The highest BCUT2D eigenvalue weighted by Gasteiger charge is 2.35. The van der Waals surface area contributed by atoms with E-state index in [9.17, 15) is 32.4 Å². The Kier molecular flexibility index (Phi) is 24.3. The van der Waals surface area contributed by atoms with Gasteiger partial charge in [0.1, 0.15) is 53.2 Å². The summed E-state index contributed by atoms with van der Waals surface area (Å²) in [5.74, 6) is -1.74. The summed E-state index contributed by atoms with van der Waals surface area (Å²) in [5.41, 5.74) is 4.80. The van der Waals surface area contributed by atoms with E-state index in [0.29, 0.717) is 71.8 Å². The average molecular weight is 1300 g/mol. The van der Waals surface area contributed by atoms with Gasteiger partial charge in [-0.2, -0.15) is 0 Å². The first kappa shape index (κ1) is 70.4. The number of hydrogen-bond acceptors (Lipinski definition) is 13. The molecule has 0 aliphatic carbocycles. The third-order valence-electron chi connectivity index (χ3n) is 16.3. The summed E-state index contributed by atoms with van der Waals surface area (Å²) in [6.07, 6.45) is 4.42. The van der Waals surface area contributed by atoms with E-state index in [4.69, 9.17) is 29.1 Å². The summed E-state index contributed by atoms with van der Waals surface area (Å²) < 4.78 is 61.1. The maximum atomic E-state index is 14.9. The lowest BCUT2D eigenvalue weighted by atomic mass is 9.88. The number of amides is 4. The summed E-state index contributed by atoms with van der Waals surface area (Å²) in [6.45, 7) is 18.3. The van der Waals surface area contributed by atoms with Gasteiger partial charge in [-0.25, -0.2) is 22.7 Å². The smallest absolute Gasteiger partial charge is 0.407 e. The van der Waals surface area contributed by atoms with Crippen LogP contribution >= 0.6 is 0 Å². The monoisotopic (exact) mass is 1300 g/mol. The number of ether oxygens (including phenoxy) is 5. The molecule has 1 heterocycles. The molecule has 7 N–H and O–H groups in total. The zero-order valence-electron chi connectivity index (χ0n) is 55.1. The number of unbranched alkanes of at least 4 members (excludes halogenated alkanes) is 1. The molecule has 7 aromatic carbocycles. The molecule has 0 aromatic heterocycles. The quantitative estimate of drug-likeness (QED) is 0.00727. The number of fused-ring (bicyclic) bond motifs is 3. The van der Waals surface area contributed by atoms with Gasteiger partial charge in [0.25, 0.3) is 15.9 Å². The lowest BCUT2D eigenvalue weighted by molar-refractivity contribution is -0.149. The van der Waals surface area contributed by atoms with Crippen molar-refractivity contribution in [2.24, 2.45) is 0 Å². The lowest BCUT2D eigenvalue weighted by Gasteiger charge is -2.35. The number of rotatable bonds is 30. The second kappa shape index (κ2) is 32.4. The Morgan fingerprint density at radius 1 is 0.660 bits per heavy atom. The number of alkyl carbamates (subject to hydrolysis) is 1. The van der Waals surface area contributed by atoms with Gasteiger partial charge in [-0.3, -0.25) is 19.8 Å². The van der Waals surface area contributed by atoms with Crippen LogP contribution in [-0.4, -0.2) is 99.8 Å². The van der Waals surface area contributed by atoms with Crippen molar-refractivity contribution in [3.63, 3.8) is 0 Å². The van der Waals surface area contributed by atoms with E-state index in [-0.39, 0.29) is 50.3 Å². The van der Waals surface area contributed by atoms with Gasteiger partial charge in [0.2, 0.25) is 17.8 Å². The summed E-state index contributed by atoms with van der Waals surface area (Å²) >= 11 is 0. The molecule has 3 atom stereocenters. The zero-order chi connectivity index (χ0) is 67.6. The van der Waals surface area contributed by atoms with Crippen LogP contribution in [0.1, 0.15) is 119 Å². The molecule has 0 spiro atoms. The molecule has 0 radical (unpaired) electrons. The fourth-order valence-electron chi connectivity index (χ4n) is 11.5. The maximum absolute atomic E-state index is 14.9. The fraction of sp³-hybridized carbons (Fsp3) is 0.378. The molecule has 19 nitrogen and oxygen atoms in total. The van der Waals surface area contributed by atoms with Crippen molar-refractivity contribution in [1.29, 1.82) is 5.41 Å². The summed E-state index contributed by atoms with van der Waals surface area (Å²) in [7, 11) is -4.29. The molecule has 498 valence electrons. The number of carbonyl (C=O) groups is 5.